The molecule has 25 heavy (non-hydrogen) atoms. The van der Waals surface area contributed by atoms with Gasteiger partial charge in [-0.2, -0.15) is 5.10 Å². The Morgan fingerprint density at radius 3 is 2.24 bits per heavy atom. The summed E-state index contributed by atoms with van der Waals surface area (Å²) in [7, 11) is 0. The second kappa shape index (κ2) is 7.80. The zero-order valence-corrected chi connectivity index (χ0v) is 16.5. The number of aryl methyl sites for hydroxylation is 2. The summed E-state index contributed by atoms with van der Waals surface area (Å²) in [6.07, 6.45) is 1.94. The maximum Gasteiger partial charge on any atom is 0.176 e. The van der Waals surface area contributed by atoms with E-state index >= 15 is 0 Å². The van der Waals surface area contributed by atoms with Crippen molar-refractivity contribution in [1.29, 1.82) is 0 Å². The number of rotatable bonds is 4. The normalized spacial score (nSPS) is 10.5. The second-order valence-electron chi connectivity index (χ2n) is 5.95. The Labute approximate surface area is 161 Å². The number of anilines is 2. The number of benzene rings is 2. The molecule has 0 radical (unpaired) electrons. The van der Waals surface area contributed by atoms with Gasteiger partial charge >= 0.3 is 0 Å². The largest absolute Gasteiger partial charge is 0.332 e. The van der Waals surface area contributed by atoms with Crippen LogP contribution in [0.25, 0.3) is 0 Å². The van der Waals surface area contributed by atoms with E-state index in [2.05, 4.69) is 69.8 Å². The molecule has 0 aliphatic rings. The summed E-state index contributed by atoms with van der Waals surface area (Å²) < 4.78 is 2.75. The van der Waals surface area contributed by atoms with E-state index in [0.29, 0.717) is 17.5 Å². The molecule has 1 aromatic heterocycles. The number of hydrogen-bond donors (Lipinski definition) is 2. The monoisotopic (exact) mass is 414 g/mol. The molecule has 6 heteroatoms. The molecular weight excluding hydrogens is 396 g/mol. The molecule has 0 aliphatic carbocycles. The van der Waals surface area contributed by atoms with Crippen molar-refractivity contribution >= 4 is 44.8 Å². The van der Waals surface area contributed by atoms with Gasteiger partial charge in [0, 0.05) is 11.9 Å². The zero-order chi connectivity index (χ0) is 17.8. The number of thiocarbonyl (C=S) groups is 1. The first-order chi connectivity index (χ1) is 12.0. The van der Waals surface area contributed by atoms with Gasteiger partial charge in [0.2, 0.25) is 0 Å². The third-order valence-corrected chi connectivity index (χ3v) is 4.51. The van der Waals surface area contributed by atoms with Crippen LogP contribution in [0.1, 0.15) is 16.7 Å². The molecule has 4 nitrogen and oxygen atoms in total. The quantitative estimate of drug-likeness (QED) is 0.581. The molecule has 3 aromatic rings. The van der Waals surface area contributed by atoms with Crippen LogP contribution in [0, 0.1) is 13.8 Å². The van der Waals surface area contributed by atoms with Gasteiger partial charge in [0.05, 0.1) is 11.0 Å². The maximum atomic E-state index is 5.37. The summed E-state index contributed by atoms with van der Waals surface area (Å²) >= 11 is 8.90. The summed E-state index contributed by atoms with van der Waals surface area (Å²) in [6, 6.07) is 16.5. The summed E-state index contributed by atoms with van der Waals surface area (Å²) in [5.41, 5.74) is 4.60. The highest BCUT2D eigenvalue weighted by Crippen LogP contribution is 2.21. The van der Waals surface area contributed by atoms with E-state index in [4.69, 9.17) is 12.2 Å². The first kappa shape index (κ1) is 17.6. The lowest BCUT2D eigenvalue weighted by Crippen LogP contribution is -2.19. The molecule has 0 saturated carbocycles. The van der Waals surface area contributed by atoms with Gasteiger partial charge in [0.25, 0.3) is 0 Å². The Hall–Kier alpha value is -2.18. The summed E-state index contributed by atoms with van der Waals surface area (Å²) in [5, 5.41) is 11.3. The van der Waals surface area contributed by atoms with Crippen LogP contribution in [0.4, 0.5) is 11.5 Å². The van der Waals surface area contributed by atoms with Gasteiger partial charge in [-0.25, -0.2) is 0 Å². The minimum absolute atomic E-state index is 0.505. The summed E-state index contributed by atoms with van der Waals surface area (Å²) in [5.74, 6) is 0.691. The fourth-order valence-electron chi connectivity index (χ4n) is 2.35. The van der Waals surface area contributed by atoms with Crippen molar-refractivity contribution in [2.75, 3.05) is 10.6 Å². The fraction of sp³-hybridized carbons (Fsp3) is 0.158. The third-order valence-electron chi connectivity index (χ3n) is 3.72. The molecule has 0 atom stereocenters. The van der Waals surface area contributed by atoms with Crippen LogP contribution in [0.3, 0.4) is 0 Å². The number of nitrogens with one attached hydrogen (secondary N) is 2. The Bertz CT molecular complexity index is 869. The third kappa shape index (κ3) is 4.90. The number of aromatic nitrogens is 2. The molecule has 0 spiro atoms. The van der Waals surface area contributed by atoms with Crippen molar-refractivity contribution in [1.82, 2.24) is 9.78 Å². The Kier molecular flexibility index (Phi) is 5.50. The van der Waals surface area contributed by atoms with E-state index in [9.17, 15) is 0 Å². The van der Waals surface area contributed by atoms with Crippen LogP contribution < -0.4 is 10.6 Å². The summed E-state index contributed by atoms with van der Waals surface area (Å²) in [4.78, 5) is 0. The Morgan fingerprint density at radius 1 is 1.00 bits per heavy atom. The fourth-order valence-corrected chi connectivity index (χ4v) is 2.98. The van der Waals surface area contributed by atoms with Crippen LogP contribution in [0.2, 0.25) is 0 Å². The van der Waals surface area contributed by atoms with Crippen LogP contribution in [0.15, 0.2) is 59.2 Å². The van der Waals surface area contributed by atoms with Crippen molar-refractivity contribution in [3.8, 4) is 0 Å². The lowest BCUT2D eigenvalue weighted by atomic mass is 10.1. The van der Waals surface area contributed by atoms with Crippen molar-refractivity contribution < 1.29 is 0 Å². The van der Waals surface area contributed by atoms with Crippen molar-refractivity contribution in [3.05, 3.63) is 75.9 Å². The van der Waals surface area contributed by atoms with Crippen molar-refractivity contribution in [2.45, 2.75) is 20.4 Å². The highest BCUT2D eigenvalue weighted by atomic mass is 79.9. The van der Waals surface area contributed by atoms with Crippen LogP contribution >= 0.6 is 28.1 Å². The van der Waals surface area contributed by atoms with E-state index < -0.39 is 0 Å². The van der Waals surface area contributed by atoms with Crippen LogP contribution in [0.5, 0.6) is 0 Å². The molecule has 0 aliphatic heterocycles. The molecule has 0 amide bonds. The van der Waals surface area contributed by atoms with Gasteiger partial charge in [-0.05, 0) is 59.7 Å². The van der Waals surface area contributed by atoms with Gasteiger partial charge in [-0.15, -0.1) is 0 Å². The molecule has 128 valence electrons. The molecule has 0 bridgehead atoms. The average Bonchev–Trinajstić information content (AvgIpc) is 2.91. The van der Waals surface area contributed by atoms with Gasteiger partial charge in [-0.1, -0.05) is 47.5 Å². The second-order valence-corrected chi connectivity index (χ2v) is 7.22. The molecule has 0 fully saturated rings. The van der Waals surface area contributed by atoms with Gasteiger partial charge in [0.1, 0.15) is 0 Å². The van der Waals surface area contributed by atoms with Crippen LogP contribution in [-0.2, 0) is 6.54 Å². The standard InChI is InChI=1S/C19H19BrN4S/c1-13-3-7-15(8-4-13)11-24-12-17(20)18(23-24)22-19(25)21-16-9-5-14(2)6-10-16/h3-10,12H,11H2,1-2H3,(H2,21,22,23,25). The topological polar surface area (TPSA) is 41.9 Å². The molecule has 0 unspecified atom stereocenters. The van der Waals surface area contributed by atoms with Crippen LogP contribution in [-0.4, -0.2) is 14.9 Å². The summed E-state index contributed by atoms with van der Waals surface area (Å²) in [6.45, 7) is 4.84. The maximum absolute atomic E-state index is 5.37. The lowest BCUT2D eigenvalue weighted by molar-refractivity contribution is 0.689. The van der Waals surface area contributed by atoms with Gasteiger partial charge in [-0.3, -0.25) is 4.68 Å². The smallest absolute Gasteiger partial charge is 0.176 e. The van der Waals surface area contributed by atoms with E-state index in [1.54, 1.807) is 0 Å². The lowest BCUT2D eigenvalue weighted by Gasteiger charge is -2.09. The molecule has 1 heterocycles. The minimum atomic E-state index is 0.505. The van der Waals surface area contributed by atoms with E-state index in [1.807, 2.05) is 35.1 Å². The van der Waals surface area contributed by atoms with Crippen molar-refractivity contribution in [2.24, 2.45) is 0 Å². The average molecular weight is 415 g/mol. The van der Waals surface area contributed by atoms with E-state index in [-0.39, 0.29) is 0 Å². The highest BCUT2D eigenvalue weighted by molar-refractivity contribution is 9.10. The molecule has 2 aromatic carbocycles. The molecule has 3 rings (SSSR count). The number of nitrogens with zero attached hydrogens (tertiary/aromatic N) is 2. The first-order valence-corrected chi connectivity index (χ1v) is 9.13. The predicted molar refractivity (Wildman–Crippen MR) is 111 cm³/mol. The molecule has 0 saturated heterocycles. The highest BCUT2D eigenvalue weighted by Gasteiger charge is 2.09. The van der Waals surface area contributed by atoms with E-state index in [0.717, 1.165) is 10.2 Å². The number of halogens is 1. The van der Waals surface area contributed by atoms with Gasteiger partial charge in [0.15, 0.2) is 10.9 Å². The first-order valence-electron chi connectivity index (χ1n) is 7.93. The number of hydrogen-bond acceptors (Lipinski definition) is 2. The SMILES string of the molecule is Cc1ccc(Cn2cc(Br)c(NC(=S)Nc3ccc(C)cc3)n2)cc1. The molecule has 2 N–H and O–H groups in total. The van der Waals surface area contributed by atoms with Gasteiger partial charge < -0.3 is 10.6 Å². The molecular formula is C19H19BrN4S. The predicted octanol–water partition coefficient (Wildman–Crippen LogP) is 5.12. The minimum Gasteiger partial charge on any atom is -0.332 e. The zero-order valence-electron chi connectivity index (χ0n) is 14.1. The van der Waals surface area contributed by atoms with E-state index in [1.165, 1.54) is 16.7 Å². The van der Waals surface area contributed by atoms with Crippen molar-refractivity contribution in [3.63, 3.8) is 0 Å². The Morgan fingerprint density at radius 2 is 1.60 bits per heavy atom. The Balaban J connectivity index is 1.64.